The first-order chi connectivity index (χ1) is 13.5. The molecule has 0 saturated carbocycles. The Balaban J connectivity index is 1.59. The third kappa shape index (κ3) is 4.17. The third-order valence-corrected chi connectivity index (χ3v) is 4.60. The highest BCUT2D eigenvalue weighted by Crippen LogP contribution is 2.28. The molecule has 6 nitrogen and oxygen atoms in total. The molecule has 3 aromatic rings. The van der Waals surface area contributed by atoms with E-state index in [0.29, 0.717) is 23.5 Å². The van der Waals surface area contributed by atoms with Crippen molar-refractivity contribution in [3.63, 3.8) is 0 Å². The van der Waals surface area contributed by atoms with Crippen LogP contribution < -0.4 is 9.47 Å². The number of benzene rings is 2. The van der Waals surface area contributed by atoms with Gasteiger partial charge in [0.05, 0.1) is 14.2 Å². The first kappa shape index (κ1) is 19.5. The average Bonchev–Trinajstić information content (AvgIpc) is 3.15. The van der Waals surface area contributed by atoms with E-state index < -0.39 is 12.1 Å². The lowest BCUT2D eigenvalue weighted by Crippen LogP contribution is -2.24. The number of aromatic nitrogens is 1. The zero-order chi connectivity index (χ0) is 20.1. The lowest BCUT2D eigenvalue weighted by atomic mass is 10.1. The number of carbonyl (C=O) groups excluding carboxylic acids is 2. The van der Waals surface area contributed by atoms with Gasteiger partial charge in [0.25, 0.3) is 0 Å². The first-order valence-corrected chi connectivity index (χ1v) is 9.04. The summed E-state index contributed by atoms with van der Waals surface area (Å²) >= 11 is 0. The number of H-pyrrole nitrogens is 1. The van der Waals surface area contributed by atoms with Gasteiger partial charge < -0.3 is 19.2 Å². The molecule has 2 aromatic carbocycles. The van der Waals surface area contributed by atoms with Crippen molar-refractivity contribution in [1.29, 1.82) is 0 Å². The fourth-order valence-electron chi connectivity index (χ4n) is 3.09. The standard InChI is InChI=1S/C22H23NO5/c1-14(22(25)17-13-23-18-7-5-4-6-16(17)18)28-21(24)11-9-15-8-10-19(26-2)20(12-15)27-3/h4-8,10,12-14,23H,9,11H2,1-3H3/t14-/m0/s1. The van der Waals surface area contributed by atoms with Crippen molar-refractivity contribution >= 4 is 22.7 Å². The molecule has 0 radical (unpaired) electrons. The number of esters is 1. The quantitative estimate of drug-likeness (QED) is 0.472. The maximum Gasteiger partial charge on any atom is 0.306 e. The Morgan fingerprint density at radius 3 is 2.54 bits per heavy atom. The number of hydrogen-bond acceptors (Lipinski definition) is 5. The van der Waals surface area contributed by atoms with Crippen LogP contribution in [0.2, 0.25) is 0 Å². The Morgan fingerprint density at radius 2 is 1.79 bits per heavy atom. The van der Waals surface area contributed by atoms with Crippen LogP contribution in [0.5, 0.6) is 11.5 Å². The molecule has 28 heavy (non-hydrogen) atoms. The Morgan fingerprint density at radius 1 is 1.04 bits per heavy atom. The van der Waals surface area contributed by atoms with Gasteiger partial charge in [0.1, 0.15) is 0 Å². The summed E-state index contributed by atoms with van der Waals surface area (Å²) in [6.07, 6.45) is 1.45. The Labute approximate surface area is 163 Å². The molecule has 1 atom stereocenters. The van der Waals surface area contributed by atoms with E-state index in [1.54, 1.807) is 33.4 Å². The smallest absolute Gasteiger partial charge is 0.306 e. The van der Waals surface area contributed by atoms with E-state index >= 15 is 0 Å². The van der Waals surface area contributed by atoms with Gasteiger partial charge in [-0.25, -0.2) is 0 Å². The van der Waals surface area contributed by atoms with Gasteiger partial charge in [-0.05, 0) is 37.1 Å². The van der Waals surface area contributed by atoms with Crippen LogP contribution in [0.15, 0.2) is 48.7 Å². The van der Waals surface area contributed by atoms with Crippen LogP contribution >= 0.6 is 0 Å². The van der Waals surface area contributed by atoms with Gasteiger partial charge in [0.15, 0.2) is 17.6 Å². The van der Waals surface area contributed by atoms with Gasteiger partial charge in [-0.15, -0.1) is 0 Å². The number of Topliss-reactive ketones (excluding diaryl/α,β-unsaturated/α-hetero) is 1. The molecule has 0 amide bonds. The molecule has 0 aliphatic rings. The lowest BCUT2D eigenvalue weighted by Gasteiger charge is -2.12. The van der Waals surface area contributed by atoms with Crippen LogP contribution in [0.4, 0.5) is 0 Å². The number of rotatable bonds is 8. The normalized spacial score (nSPS) is 11.8. The molecule has 0 saturated heterocycles. The summed E-state index contributed by atoms with van der Waals surface area (Å²) in [5, 5.41) is 0.820. The van der Waals surface area contributed by atoms with Gasteiger partial charge in [0, 0.05) is 29.1 Å². The minimum Gasteiger partial charge on any atom is -0.493 e. The molecule has 0 fully saturated rings. The number of aryl methyl sites for hydroxylation is 1. The highest BCUT2D eigenvalue weighted by Gasteiger charge is 2.22. The average molecular weight is 381 g/mol. The summed E-state index contributed by atoms with van der Waals surface area (Å²) in [6, 6.07) is 13.0. The molecule has 1 heterocycles. The molecular formula is C22H23NO5. The molecule has 0 aliphatic heterocycles. The zero-order valence-corrected chi connectivity index (χ0v) is 16.2. The molecule has 3 rings (SSSR count). The second-order valence-corrected chi connectivity index (χ2v) is 6.43. The third-order valence-electron chi connectivity index (χ3n) is 4.60. The summed E-state index contributed by atoms with van der Waals surface area (Å²) < 4.78 is 15.8. The van der Waals surface area contributed by atoms with E-state index in [9.17, 15) is 9.59 Å². The molecular weight excluding hydrogens is 358 g/mol. The molecule has 146 valence electrons. The summed E-state index contributed by atoms with van der Waals surface area (Å²) in [4.78, 5) is 27.9. The Kier molecular flexibility index (Phi) is 5.99. The molecule has 0 bridgehead atoms. The van der Waals surface area contributed by atoms with Crippen molar-refractivity contribution in [2.24, 2.45) is 0 Å². The number of ketones is 1. The highest BCUT2D eigenvalue weighted by atomic mass is 16.5. The van der Waals surface area contributed by atoms with Crippen LogP contribution in [0, 0.1) is 0 Å². The largest absolute Gasteiger partial charge is 0.493 e. The van der Waals surface area contributed by atoms with Crippen molar-refractivity contribution < 1.29 is 23.8 Å². The zero-order valence-electron chi connectivity index (χ0n) is 16.2. The number of carbonyl (C=O) groups is 2. The van der Waals surface area contributed by atoms with Crippen LogP contribution in [0.1, 0.15) is 29.3 Å². The van der Waals surface area contributed by atoms with Crippen molar-refractivity contribution in [2.75, 3.05) is 14.2 Å². The number of nitrogens with one attached hydrogen (secondary N) is 1. The molecule has 0 spiro atoms. The van der Waals surface area contributed by atoms with Crippen molar-refractivity contribution in [3.8, 4) is 11.5 Å². The summed E-state index contributed by atoms with van der Waals surface area (Å²) in [6.45, 7) is 1.60. The number of para-hydroxylation sites is 1. The maximum atomic E-state index is 12.7. The van der Waals surface area contributed by atoms with Crippen molar-refractivity contribution in [3.05, 3.63) is 59.8 Å². The first-order valence-electron chi connectivity index (χ1n) is 9.04. The van der Waals surface area contributed by atoms with E-state index in [0.717, 1.165) is 16.5 Å². The van der Waals surface area contributed by atoms with E-state index in [2.05, 4.69) is 4.98 Å². The van der Waals surface area contributed by atoms with E-state index in [-0.39, 0.29) is 12.2 Å². The van der Waals surface area contributed by atoms with Crippen LogP contribution in [0.3, 0.4) is 0 Å². The second-order valence-electron chi connectivity index (χ2n) is 6.43. The van der Waals surface area contributed by atoms with E-state index in [1.807, 2.05) is 36.4 Å². The van der Waals surface area contributed by atoms with Gasteiger partial charge in [-0.3, -0.25) is 9.59 Å². The molecule has 6 heteroatoms. The molecule has 0 unspecified atom stereocenters. The molecule has 1 N–H and O–H groups in total. The number of hydrogen-bond donors (Lipinski definition) is 1. The fourth-order valence-corrected chi connectivity index (χ4v) is 3.09. The predicted octanol–water partition coefficient (Wildman–Crippen LogP) is 3.93. The van der Waals surface area contributed by atoms with Crippen molar-refractivity contribution in [2.45, 2.75) is 25.9 Å². The number of aromatic amines is 1. The predicted molar refractivity (Wildman–Crippen MR) is 106 cm³/mol. The minimum absolute atomic E-state index is 0.168. The SMILES string of the molecule is COc1ccc(CCC(=O)O[C@@H](C)C(=O)c2c[nH]c3ccccc23)cc1OC. The minimum atomic E-state index is -0.850. The number of methoxy groups -OCH3 is 2. The van der Waals surface area contributed by atoms with Crippen LogP contribution in [0.25, 0.3) is 10.9 Å². The van der Waals surface area contributed by atoms with Crippen LogP contribution in [-0.4, -0.2) is 37.1 Å². The second kappa shape index (κ2) is 8.61. The van der Waals surface area contributed by atoms with Gasteiger partial charge >= 0.3 is 5.97 Å². The fraction of sp³-hybridized carbons (Fsp3) is 0.273. The van der Waals surface area contributed by atoms with Gasteiger partial charge in [0.2, 0.25) is 5.78 Å². The monoisotopic (exact) mass is 381 g/mol. The number of fused-ring (bicyclic) bond motifs is 1. The number of ether oxygens (including phenoxy) is 3. The lowest BCUT2D eigenvalue weighted by molar-refractivity contribution is -0.146. The summed E-state index contributed by atoms with van der Waals surface area (Å²) in [7, 11) is 3.13. The topological polar surface area (TPSA) is 77.6 Å². The van der Waals surface area contributed by atoms with Crippen molar-refractivity contribution in [1.82, 2.24) is 4.98 Å². The highest BCUT2D eigenvalue weighted by molar-refractivity contribution is 6.10. The van der Waals surface area contributed by atoms with E-state index in [1.165, 1.54) is 0 Å². The maximum absolute atomic E-state index is 12.7. The van der Waals surface area contributed by atoms with Crippen LogP contribution in [-0.2, 0) is 16.0 Å². The summed E-state index contributed by atoms with van der Waals surface area (Å²) in [5.41, 5.74) is 2.32. The summed E-state index contributed by atoms with van der Waals surface area (Å²) in [5.74, 6) is 0.593. The Hall–Kier alpha value is -3.28. The van der Waals surface area contributed by atoms with Gasteiger partial charge in [-0.1, -0.05) is 24.3 Å². The van der Waals surface area contributed by atoms with E-state index in [4.69, 9.17) is 14.2 Å². The molecule has 0 aliphatic carbocycles. The van der Waals surface area contributed by atoms with Gasteiger partial charge in [-0.2, -0.15) is 0 Å². The Bertz CT molecular complexity index is 992. The molecule has 1 aromatic heterocycles.